The van der Waals surface area contributed by atoms with Crippen LogP contribution in [0.4, 0.5) is 0 Å². The van der Waals surface area contributed by atoms with Crippen LogP contribution >= 0.6 is 15.9 Å². The number of terminal acetylenes is 1. The smallest absolute Gasteiger partial charge is 0.192 e. The topological polar surface area (TPSA) is 38.7 Å². The standard InChI is InChI=1S/C18H31BrO3Si/c1-10-11-18(20)14(19)12-13(21-16(2,3)4)15(18)22-23(8,9)17(5,6)7/h1,12-13,15,20H,11H2,2-9H3/t13-,15+,18+/m1/s1. The maximum absolute atomic E-state index is 11.2. The summed E-state index contributed by atoms with van der Waals surface area (Å²) in [6, 6.07) is 0. The quantitative estimate of drug-likeness (QED) is 0.551. The van der Waals surface area contributed by atoms with Crippen LogP contribution in [0.3, 0.4) is 0 Å². The second kappa shape index (κ2) is 6.65. The first kappa shape index (κ1) is 20.9. The fraction of sp³-hybridized carbons (Fsp3) is 0.778. The zero-order valence-electron chi connectivity index (χ0n) is 15.7. The molecular formula is C18H31BrO3Si. The molecule has 0 saturated heterocycles. The van der Waals surface area contributed by atoms with Crippen LogP contribution in [0.15, 0.2) is 10.6 Å². The summed E-state index contributed by atoms with van der Waals surface area (Å²) in [5, 5.41) is 11.2. The molecule has 0 radical (unpaired) electrons. The van der Waals surface area contributed by atoms with E-state index in [1.54, 1.807) is 0 Å². The van der Waals surface area contributed by atoms with Gasteiger partial charge < -0.3 is 14.3 Å². The molecule has 132 valence electrons. The van der Waals surface area contributed by atoms with Crippen LogP contribution in [0.5, 0.6) is 0 Å². The Kier molecular flexibility index (Phi) is 6.05. The van der Waals surface area contributed by atoms with Crippen molar-refractivity contribution in [2.45, 2.75) is 89.5 Å². The fourth-order valence-corrected chi connectivity index (χ4v) is 4.23. The van der Waals surface area contributed by atoms with Gasteiger partial charge in [-0.1, -0.05) is 36.7 Å². The van der Waals surface area contributed by atoms with Crippen LogP contribution in [0.25, 0.3) is 0 Å². The Morgan fingerprint density at radius 1 is 1.30 bits per heavy atom. The van der Waals surface area contributed by atoms with Crippen molar-refractivity contribution in [2.24, 2.45) is 0 Å². The first-order chi connectivity index (χ1) is 10.1. The molecule has 3 nitrogen and oxygen atoms in total. The number of rotatable bonds is 4. The summed E-state index contributed by atoms with van der Waals surface area (Å²) in [4.78, 5) is 0. The van der Waals surface area contributed by atoms with Crippen molar-refractivity contribution in [2.75, 3.05) is 0 Å². The van der Waals surface area contributed by atoms with Gasteiger partial charge in [-0.2, -0.15) is 0 Å². The van der Waals surface area contributed by atoms with Gasteiger partial charge in [0.25, 0.3) is 0 Å². The van der Waals surface area contributed by atoms with Crippen molar-refractivity contribution in [3.05, 3.63) is 10.6 Å². The van der Waals surface area contributed by atoms with Gasteiger partial charge in [-0.15, -0.1) is 12.3 Å². The molecular weight excluding hydrogens is 372 g/mol. The van der Waals surface area contributed by atoms with Gasteiger partial charge in [-0.3, -0.25) is 0 Å². The number of hydrogen-bond acceptors (Lipinski definition) is 3. The van der Waals surface area contributed by atoms with Gasteiger partial charge in [0.1, 0.15) is 17.8 Å². The monoisotopic (exact) mass is 402 g/mol. The Labute approximate surface area is 151 Å². The third-order valence-electron chi connectivity index (χ3n) is 4.58. The SMILES string of the molecule is C#CC[C@]1(O)C(Br)=C[C@@H](OC(C)(C)C)[C@@H]1O[Si](C)(C)C(C)(C)C. The summed E-state index contributed by atoms with van der Waals surface area (Å²) in [5.74, 6) is 2.58. The third-order valence-corrected chi connectivity index (χ3v) is 9.99. The van der Waals surface area contributed by atoms with Gasteiger partial charge in [-0.05, 0) is 45.0 Å². The maximum Gasteiger partial charge on any atom is 0.192 e. The molecule has 0 bridgehead atoms. The van der Waals surface area contributed by atoms with Gasteiger partial charge in [0.15, 0.2) is 8.32 Å². The number of halogens is 1. The Bertz CT molecular complexity index is 508. The molecule has 5 heteroatoms. The Balaban J connectivity index is 3.21. The first-order valence-electron chi connectivity index (χ1n) is 8.03. The number of hydrogen-bond donors (Lipinski definition) is 1. The van der Waals surface area contributed by atoms with Crippen LogP contribution in [0, 0.1) is 12.3 Å². The largest absolute Gasteiger partial charge is 0.408 e. The van der Waals surface area contributed by atoms with Crippen LogP contribution in [0.1, 0.15) is 48.0 Å². The van der Waals surface area contributed by atoms with Gasteiger partial charge in [0.2, 0.25) is 0 Å². The van der Waals surface area contributed by atoms with Gasteiger partial charge in [-0.25, -0.2) is 0 Å². The predicted octanol–water partition coefficient (Wildman–Crippen LogP) is 4.61. The van der Waals surface area contributed by atoms with E-state index >= 15 is 0 Å². The highest BCUT2D eigenvalue weighted by Gasteiger charge is 2.53. The van der Waals surface area contributed by atoms with Crippen LogP contribution in [-0.2, 0) is 9.16 Å². The predicted molar refractivity (Wildman–Crippen MR) is 102 cm³/mol. The molecule has 0 aromatic carbocycles. The molecule has 0 amide bonds. The van der Waals surface area contributed by atoms with E-state index in [9.17, 15) is 5.11 Å². The van der Waals surface area contributed by atoms with E-state index in [1.807, 2.05) is 26.8 Å². The Morgan fingerprint density at radius 2 is 1.83 bits per heavy atom. The van der Waals surface area contributed by atoms with E-state index in [0.717, 1.165) is 0 Å². The summed E-state index contributed by atoms with van der Waals surface area (Å²) in [5.41, 5.74) is -1.58. The third kappa shape index (κ3) is 4.70. The van der Waals surface area contributed by atoms with E-state index < -0.39 is 20.0 Å². The van der Waals surface area contributed by atoms with Gasteiger partial charge >= 0.3 is 0 Å². The van der Waals surface area contributed by atoms with Crippen molar-refractivity contribution in [3.63, 3.8) is 0 Å². The molecule has 0 heterocycles. The van der Waals surface area contributed by atoms with E-state index in [2.05, 4.69) is 55.7 Å². The molecule has 1 aliphatic carbocycles. The number of aliphatic hydroxyl groups is 1. The van der Waals surface area contributed by atoms with Crippen LogP contribution in [0.2, 0.25) is 18.1 Å². The molecule has 0 unspecified atom stereocenters. The highest BCUT2D eigenvalue weighted by atomic mass is 79.9. The molecule has 0 fully saturated rings. The van der Waals surface area contributed by atoms with Crippen molar-refractivity contribution >= 4 is 24.2 Å². The highest BCUT2D eigenvalue weighted by Crippen LogP contribution is 2.46. The van der Waals surface area contributed by atoms with E-state index in [-0.39, 0.29) is 23.2 Å². The second-order valence-electron chi connectivity index (χ2n) is 8.81. The average Bonchev–Trinajstić information content (AvgIpc) is 2.50. The number of ether oxygens (including phenoxy) is 1. The van der Waals surface area contributed by atoms with Crippen molar-refractivity contribution < 1.29 is 14.3 Å². The molecule has 0 aliphatic heterocycles. The summed E-state index contributed by atoms with van der Waals surface area (Å²) in [7, 11) is -2.10. The zero-order valence-corrected chi connectivity index (χ0v) is 18.2. The molecule has 3 atom stereocenters. The summed E-state index contributed by atoms with van der Waals surface area (Å²) >= 11 is 3.48. The van der Waals surface area contributed by atoms with Crippen LogP contribution < -0.4 is 0 Å². The van der Waals surface area contributed by atoms with Gasteiger partial charge in [0.05, 0.1) is 5.60 Å². The minimum atomic E-state index is -2.10. The van der Waals surface area contributed by atoms with Crippen LogP contribution in [-0.4, -0.2) is 36.8 Å². The molecule has 0 aromatic rings. The molecule has 0 saturated carbocycles. The molecule has 0 aromatic heterocycles. The summed E-state index contributed by atoms with van der Waals surface area (Å²) in [6.07, 6.45) is 6.73. The molecule has 0 spiro atoms. The minimum Gasteiger partial charge on any atom is -0.408 e. The Hall–Kier alpha value is -0.123. The van der Waals surface area contributed by atoms with Crippen molar-refractivity contribution in [1.29, 1.82) is 0 Å². The fourth-order valence-electron chi connectivity index (χ4n) is 2.29. The molecule has 1 rings (SSSR count). The summed E-state index contributed by atoms with van der Waals surface area (Å²) < 4.78 is 13.3. The summed E-state index contributed by atoms with van der Waals surface area (Å²) in [6.45, 7) is 16.9. The lowest BCUT2D eigenvalue weighted by molar-refractivity contribution is -0.123. The average molecular weight is 403 g/mol. The highest BCUT2D eigenvalue weighted by molar-refractivity contribution is 9.11. The maximum atomic E-state index is 11.2. The van der Waals surface area contributed by atoms with E-state index in [4.69, 9.17) is 15.6 Å². The van der Waals surface area contributed by atoms with E-state index in [0.29, 0.717) is 4.48 Å². The lowest BCUT2D eigenvalue weighted by Crippen LogP contribution is -2.55. The minimum absolute atomic E-state index is 0.0331. The van der Waals surface area contributed by atoms with Crippen molar-refractivity contribution in [1.82, 2.24) is 0 Å². The van der Waals surface area contributed by atoms with E-state index in [1.165, 1.54) is 0 Å². The normalized spacial score (nSPS) is 29.3. The second-order valence-corrected chi connectivity index (χ2v) is 14.4. The molecule has 23 heavy (non-hydrogen) atoms. The lowest BCUT2D eigenvalue weighted by atomic mass is 9.96. The zero-order chi connectivity index (χ0) is 18.3. The molecule has 1 N–H and O–H groups in total. The van der Waals surface area contributed by atoms with Crippen molar-refractivity contribution in [3.8, 4) is 12.3 Å². The lowest BCUT2D eigenvalue weighted by Gasteiger charge is -2.44. The van der Waals surface area contributed by atoms with Gasteiger partial charge in [0, 0.05) is 10.9 Å². The molecule has 1 aliphatic rings. The Morgan fingerprint density at radius 3 is 2.22 bits per heavy atom. The first-order valence-corrected chi connectivity index (χ1v) is 11.7.